The number of aromatic nitrogens is 1. The van der Waals surface area contributed by atoms with Crippen LogP contribution in [0.3, 0.4) is 0 Å². The predicted octanol–water partition coefficient (Wildman–Crippen LogP) is 2.16. The standard InChI is InChI=1S/C8H11NO2S2/c1-6-9-4-7(13-6)5-12-3-2-8(10)11/h4H,2-3,5H2,1H3,(H,10,11). The Morgan fingerprint density at radius 3 is 3.08 bits per heavy atom. The Morgan fingerprint density at radius 1 is 1.77 bits per heavy atom. The Morgan fingerprint density at radius 2 is 2.54 bits per heavy atom. The Bertz CT molecular complexity index is 285. The molecule has 1 heterocycles. The molecule has 72 valence electrons. The van der Waals surface area contributed by atoms with Gasteiger partial charge < -0.3 is 5.11 Å². The van der Waals surface area contributed by atoms with Gasteiger partial charge in [-0.1, -0.05) is 0 Å². The third kappa shape index (κ3) is 4.28. The van der Waals surface area contributed by atoms with Crippen LogP contribution in [-0.2, 0) is 10.5 Å². The molecular weight excluding hydrogens is 206 g/mol. The maximum atomic E-state index is 10.2. The van der Waals surface area contributed by atoms with Crippen molar-refractivity contribution in [3.05, 3.63) is 16.1 Å². The number of nitrogens with zero attached hydrogens (tertiary/aromatic N) is 1. The van der Waals surface area contributed by atoms with E-state index in [2.05, 4.69) is 4.98 Å². The Hall–Kier alpha value is -0.550. The minimum Gasteiger partial charge on any atom is -0.481 e. The van der Waals surface area contributed by atoms with E-state index >= 15 is 0 Å². The van der Waals surface area contributed by atoms with Gasteiger partial charge in [-0.05, 0) is 6.92 Å². The van der Waals surface area contributed by atoms with E-state index in [1.165, 1.54) is 4.88 Å². The van der Waals surface area contributed by atoms with Crippen molar-refractivity contribution in [3.8, 4) is 0 Å². The molecule has 0 atom stereocenters. The normalized spacial score (nSPS) is 10.2. The molecule has 0 amide bonds. The van der Waals surface area contributed by atoms with Crippen molar-refractivity contribution in [1.82, 2.24) is 4.98 Å². The van der Waals surface area contributed by atoms with Gasteiger partial charge in [0.15, 0.2) is 0 Å². The van der Waals surface area contributed by atoms with Crippen LogP contribution in [0.4, 0.5) is 0 Å². The largest absolute Gasteiger partial charge is 0.481 e. The van der Waals surface area contributed by atoms with Crippen LogP contribution >= 0.6 is 23.1 Å². The van der Waals surface area contributed by atoms with Crippen molar-refractivity contribution in [2.45, 2.75) is 19.1 Å². The van der Waals surface area contributed by atoms with Crippen molar-refractivity contribution >= 4 is 29.1 Å². The molecule has 5 heteroatoms. The van der Waals surface area contributed by atoms with Crippen molar-refractivity contribution in [3.63, 3.8) is 0 Å². The molecule has 1 aromatic rings. The Labute approximate surface area is 85.2 Å². The van der Waals surface area contributed by atoms with Gasteiger partial charge in [0.05, 0.1) is 11.4 Å². The monoisotopic (exact) mass is 217 g/mol. The van der Waals surface area contributed by atoms with Crippen molar-refractivity contribution in [2.75, 3.05) is 5.75 Å². The first-order valence-corrected chi connectivity index (χ1v) is 5.86. The van der Waals surface area contributed by atoms with Crippen LogP contribution < -0.4 is 0 Å². The van der Waals surface area contributed by atoms with E-state index in [0.717, 1.165) is 10.8 Å². The molecule has 1 aromatic heterocycles. The summed E-state index contributed by atoms with van der Waals surface area (Å²) in [7, 11) is 0. The van der Waals surface area contributed by atoms with Gasteiger partial charge in [0, 0.05) is 22.6 Å². The number of aliphatic carboxylic acids is 1. The fourth-order valence-corrected chi connectivity index (χ4v) is 2.62. The maximum Gasteiger partial charge on any atom is 0.304 e. The molecule has 1 rings (SSSR count). The number of rotatable bonds is 5. The van der Waals surface area contributed by atoms with Crippen LogP contribution in [0.2, 0.25) is 0 Å². The summed E-state index contributed by atoms with van der Waals surface area (Å²) in [6.07, 6.45) is 2.09. The van der Waals surface area contributed by atoms with Gasteiger partial charge in [-0.2, -0.15) is 11.8 Å². The van der Waals surface area contributed by atoms with Crippen molar-refractivity contribution < 1.29 is 9.90 Å². The fourth-order valence-electron chi connectivity index (χ4n) is 0.804. The first-order chi connectivity index (χ1) is 6.18. The van der Waals surface area contributed by atoms with Crippen LogP contribution in [0.25, 0.3) is 0 Å². The van der Waals surface area contributed by atoms with Crippen molar-refractivity contribution in [2.24, 2.45) is 0 Å². The highest BCUT2D eigenvalue weighted by molar-refractivity contribution is 7.98. The number of aryl methyl sites for hydroxylation is 1. The average molecular weight is 217 g/mol. The van der Waals surface area contributed by atoms with Crippen LogP contribution in [-0.4, -0.2) is 21.8 Å². The molecule has 1 N–H and O–H groups in total. The molecule has 0 aliphatic carbocycles. The van der Waals surface area contributed by atoms with Gasteiger partial charge in [0.25, 0.3) is 0 Å². The van der Waals surface area contributed by atoms with Gasteiger partial charge in [0.1, 0.15) is 0 Å². The second kappa shape index (κ2) is 5.24. The number of thioether (sulfide) groups is 1. The average Bonchev–Trinajstić information content (AvgIpc) is 2.45. The lowest BCUT2D eigenvalue weighted by Crippen LogP contribution is -1.95. The lowest BCUT2D eigenvalue weighted by Gasteiger charge is -1.94. The molecule has 13 heavy (non-hydrogen) atoms. The third-order valence-electron chi connectivity index (χ3n) is 1.37. The van der Waals surface area contributed by atoms with Crippen LogP contribution in [0.15, 0.2) is 6.20 Å². The number of thiazole rings is 1. The topological polar surface area (TPSA) is 50.2 Å². The molecule has 0 saturated carbocycles. The Balaban J connectivity index is 2.16. The molecule has 0 spiro atoms. The molecule has 0 fully saturated rings. The van der Waals surface area contributed by atoms with Gasteiger partial charge in [-0.15, -0.1) is 11.3 Å². The summed E-state index contributed by atoms with van der Waals surface area (Å²) in [5, 5.41) is 9.46. The molecule has 0 aliphatic heterocycles. The summed E-state index contributed by atoms with van der Waals surface area (Å²) in [5.41, 5.74) is 0. The summed E-state index contributed by atoms with van der Waals surface area (Å²) in [4.78, 5) is 15.5. The van der Waals surface area contributed by atoms with Crippen LogP contribution in [0, 0.1) is 6.92 Å². The highest BCUT2D eigenvalue weighted by Gasteiger charge is 2.00. The number of hydrogen-bond donors (Lipinski definition) is 1. The fraction of sp³-hybridized carbons (Fsp3) is 0.500. The van der Waals surface area contributed by atoms with E-state index in [1.54, 1.807) is 23.1 Å². The predicted molar refractivity (Wildman–Crippen MR) is 55.3 cm³/mol. The second-order valence-electron chi connectivity index (χ2n) is 2.54. The number of carbonyl (C=O) groups is 1. The lowest BCUT2D eigenvalue weighted by molar-refractivity contribution is -0.136. The SMILES string of the molecule is Cc1ncc(CSCCC(=O)O)s1. The van der Waals surface area contributed by atoms with E-state index < -0.39 is 5.97 Å². The van der Waals surface area contributed by atoms with E-state index in [9.17, 15) is 4.79 Å². The summed E-state index contributed by atoms with van der Waals surface area (Å²) in [5.74, 6) is 0.818. The number of hydrogen-bond acceptors (Lipinski definition) is 4. The summed E-state index contributed by atoms with van der Waals surface area (Å²) < 4.78 is 0. The Kier molecular flexibility index (Phi) is 4.24. The van der Waals surface area contributed by atoms with Crippen LogP contribution in [0.1, 0.15) is 16.3 Å². The van der Waals surface area contributed by atoms with E-state index in [4.69, 9.17) is 5.11 Å². The van der Waals surface area contributed by atoms with Gasteiger partial charge in [-0.25, -0.2) is 4.98 Å². The second-order valence-corrected chi connectivity index (χ2v) is 4.97. The summed E-state index contributed by atoms with van der Waals surface area (Å²) in [6.45, 7) is 1.97. The summed E-state index contributed by atoms with van der Waals surface area (Å²) in [6, 6.07) is 0. The molecule has 0 aliphatic rings. The molecule has 0 aromatic carbocycles. The number of carboxylic acids is 1. The van der Waals surface area contributed by atoms with E-state index in [1.807, 2.05) is 13.1 Å². The zero-order valence-corrected chi connectivity index (χ0v) is 8.95. The smallest absolute Gasteiger partial charge is 0.304 e. The van der Waals surface area contributed by atoms with Gasteiger partial charge in [0.2, 0.25) is 0 Å². The molecule has 3 nitrogen and oxygen atoms in total. The molecular formula is C8H11NO2S2. The maximum absolute atomic E-state index is 10.2. The highest BCUT2D eigenvalue weighted by atomic mass is 32.2. The molecule has 0 saturated heterocycles. The highest BCUT2D eigenvalue weighted by Crippen LogP contribution is 2.18. The third-order valence-corrected chi connectivity index (χ3v) is 3.48. The molecule has 0 unspecified atom stereocenters. The first kappa shape index (κ1) is 10.5. The van der Waals surface area contributed by atoms with Gasteiger partial charge in [-0.3, -0.25) is 4.79 Å². The quantitative estimate of drug-likeness (QED) is 0.768. The minimum atomic E-state index is -0.729. The first-order valence-electron chi connectivity index (χ1n) is 3.89. The van der Waals surface area contributed by atoms with E-state index in [0.29, 0.717) is 5.75 Å². The van der Waals surface area contributed by atoms with Crippen molar-refractivity contribution in [1.29, 1.82) is 0 Å². The number of carboxylic acid groups (broad SMARTS) is 1. The molecule has 0 radical (unpaired) electrons. The zero-order chi connectivity index (χ0) is 9.68. The summed E-state index contributed by atoms with van der Waals surface area (Å²) >= 11 is 3.30. The van der Waals surface area contributed by atoms with E-state index in [-0.39, 0.29) is 6.42 Å². The molecule has 0 bridgehead atoms. The lowest BCUT2D eigenvalue weighted by atomic mass is 10.5. The van der Waals surface area contributed by atoms with Gasteiger partial charge >= 0.3 is 5.97 Å². The minimum absolute atomic E-state index is 0.239. The van der Waals surface area contributed by atoms with Crippen LogP contribution in [0.5, 0.6) is 0 Å². The zero-order valence-electron chi connectivity index (χ0n) is 7.32.